The predicted octanol–water partition coefficient (Wildman–Crippen LogP) is 5.06. The lowest BCUT2D eigenvalue weighted by Gasteiger charge is -1.92. The average molecular weight is 284 g/mol. The molecule has 0 bridgehead atoms. The molecule has 0 aromatic heterocycles. The zero-order valence-corrected chi connectivity index (χ0v) is 12.8. The Kier molecular flexibility index (Phi) is 7.47. The number of unbranched alkanes of at least 4 members (excludes halogenated alkanes) is 3. The Labute approximate surface area is 134 Å². The van der Waals surface area contributed by atoms with Crippen LogP contribution in [0.25, 0.3) is 0 Å². The molecule has 2 rings (SSSR count). The third kappa shape index (κ3) is 6.83. The van der Waals surface area contributed by atoms with E-state index in [-0.39, 0.29) is 0 Å². The Hall–Kier alpha value is -2.44. The molecule has 0 heterocycles. The van der Waals surface area contributed by atoms with Crippen LogP contribution in [-0.4, -0.2) is 0 Å². The standard InChI is InChI=1S/C22H20/c1(3-5-9-15-21-17-11-7-12-18-21)2-4-6-10-16-22-19-13-8-14-20-22/h7-8,11-20H,1-4H2. The molecule has 2 aromatic rings. The molecule has 108 valence electrons. The number of hydrogen-bond acceptors (Lipinski definition) is 0. The van der Waals surface area contributed by atoms with Crippen LogP contribution in [0.4, 0.5) is 0 Å². The van der Waals surface area contributed by atoms with E-state index < -0.39 is 0 Å². The van der Waals surface area contributed by atoms with Crippen LogP contribution in [0.1, 0.15) is 36.8 Å². The molecule has 0 aliphatic heterocycles. The van der Waals surface area contributed by atoms with Crippen LogP contribution in [0.5, 0.6) is 0 Å². The summed E-state index contributed by atoms with van der Waals surface area (Å²) in [5, 5.41) is 0. The van der Waals surface area contributed by atoms with E-state index in [9.17, 15) is 0 Å². The van der Waals surface area contributed by atoms with Crippen molar-refractivity contribution in [2.75, 3.05) is 0 Å². The molecular formula is C22H20. The summed E-state index contributed by atoms with van der Waals surface area (Å²) in [6.45, 7) is 0. The molecule has 0 heteroatoms. The Bertz CT molecular complexity index is 584. The normalized spacial score (nSPS) is 9.27. The highest BCUT2D eigenvalue weighted by atomic mass is 13.9. The number of benzene rings is 2. The molecule has 0 saturated carbocycles. The lowest BCUT2D eigenvalue weighted by atomic mass is 10.1. The van der Waals surface area contributed by atoms with Gasteiger partial charge in [-0.05, 0) is 24.0 Å². The minimum Gasteiger partial charge on any atom is -0.103 e. The molecule has 0 amide bonds. The second kappa shape index (κ2) is 10.3. The van der Waals surface area contributed by atoms with Crippen molar-refractivity contribution in [1.82, 2.24) is 0 Å². The van der Waals surface area contributed by atoms with Crippen LogP contribution in [0.3, 0.4) is 0 Å². The summed E-state index contributed by atoms with van der Waals surface area (Å²) < 4.78 is 0. The lowest BCUT2D eigenvalue weighted by Crippen LogP contribution is -1.78. The zero-order chi connectivity index (χ0) is 15.3. The molecule has 0 atom stereocenters. The Morgan fingerprint density at radius 3 is 1.41 bits per heavy atom. The first-order chi connectivity index (χ1) is 10.9. The van der Waals surface area contributed by atoms with Gasteiger partial charge in [-0.25, -0.2) is 0 Å². The maximum atomic E-state index is 3.19. The topological polar surface area (TPSA) is 0 Å². The van der Waals surface area contributed by atoms with Crippen molar-refractivity contribution in [3.63, 3.8) is 0 Å². The van der Waals surface area contributed by atoms with Gasteiger partial charge in [-0.15, -0.1) is 11.8 Å². The van der Waals surface area contributed by atoms with Gasteiger partial charge in [0.1, 0.15) is 0 Å². The highest BCUT2D eigenvalue weighted by Gasteiger charge is 1.88. The summed E-state index contributed by atoms with van der Waals surface area (Å²) in [6, 6.07) is 20.4. The van der Waals surface area contributed by atoms with E-state index in [1.54, 1.807) is 0 Å². The van der Waals surface area contributed by atoms with Crippen molar-refractivity contribution in [3.05, 3.63) is 84.6 Å². The van der Waals surface area contributed by atoms with Gasteiger partial charge in [0.2, 0.25) is 0 Å². The molecule has 0 nitrogen and oxygen atoms in total. The summed E-state index contributed by atoms with van der Waals surface area (Å²) in [4.78, 5) is 0. The van der Waals surface area contributed by atoms with Gasteiger partial charge < -0.3 is 0 Å². The van der Waals surface area contributed by atoms with Gasteiger partial charge in [-0.2, -0.15) is 0 Å². The van der Waals surface area contributed by atoms with Crippen molar-refractivity contribution in [2.45, 2.75) is 25.7 Å². The molecule has 0 fully saturated rings. The Morgan fingerprint density at radius 1 is 0.591 bits per heavy atom. The quantitative estimate of drug-likeness (QED) is 0.532. The molecule has 0 aliphatic carbocycles. The van der Waals surface area contributed by atoms with Crippen molar-refractivity contribution in [3.8, 4) is 23.7 Å². The van der Waals surface area contributed by atoms with Crippen LogP contribution in [0.15, 0.2) is 60.7 Å². The number of hydrogen-bond donors (Lipinski definition) is 0. The highest BCUT2D eigenvalue weighted by molar-refractivity contribution is 5.32. The summed E-state index contributed by atoms with van der Waals surface area (Å²) >= 11 is 0. The van der Waals surface area contributed by atoms with E-state index in [0.29, 0.717) is 0 Å². The van der Waals surface area contributed by atoms with E-state index in [1.165, 1.54) is 0 Å². The van der Waals surface area contributed by atoms with Gasteiger partial charge in [0, 0.05) is 12.8 Å². The van der Waals surface area contributed by atoms with Crippen LogP contribution < -0.4 is 0 Å². The number of rotatable bonds is 5. The van der Waals surface area contributed by atoms with Crippen molar-refractivity contribution in [1.29, 1.82) is 0 Å². The smallest absolute Gasteiger partial charge is 0.0630 e. The molecule has 0 aliphatic rings. The van der Waals surface area contributed by atoms with Crippen molar-refractivity contribution in [2.24, 2.45) is 0 Å². The molecule has 2 radical (unpaired) electrons. The van der Waals surface area contributed by atoms with Crippen LogP contribution in [-0.2, 0) is 0 Å². The van der Waals surface area contributed by atoms with E-state index >= 15 is 0 Å². The first kappa shape index (κ1) is 15.9. The Morgan fingerprint density at radius 2 is 1.00 bits per heavy atom. The van der Waals surface area contributed by atoms with Crippen LogP contribution in [0.2, 0.25) is 0 Å². The van der Waals surface area contributed by atoms with Gasteiger partial charge in [0.05, 0.1) is 12.8 Å². The second-order valence-electron chi connectivity index (χ2n) is 4.96. The second-order valence-corrected chi connectivity index (χ2v) is 4.96. The van der Waals surface area contributed by atoms with E-state index in [1.807, 2.05) is 49.2 Å². The maximum Gasteiger partial charge on any atom is 0.0630 e. The average Bonchev–Trinajstić information content (AvgIpc) is 2.58. The third-order valence-electron chi connectivity index (χ3n) is 3.13. The summed E-state index contributed by atoms with van der Waals surface area (Å²) in [6.07, 6.45) is 8.02. The van der Waals surface area contributed by atoms with Gasteiger partial charge in [0.15, 0.2) is 0 Å². The molecule has 0 spiro atoms. The molecular weight excluding hydrogens is 264 g/mol. The largest absolute Gasteiger partial charge is 0.103 e. The fraction of sp³-hybridized carbons (Fsp3) is 0.182. The van der Waals surface area contributed by atoms with Gasteiger partial charge in [-0.3, -0.25) is 0 Å². The van der Waals surface area contributed by atoms with Gasteiger partial charge in [-0.1, -0.05) is 72.5 Å². The molecule has 0 saturated heterocycles. The maximum absolute atomic E-state index is 3.19. The zero-order valence-electron chi connectivity index (χ0n) is 12.8. The van der Waals surface area contributed by atoms with E-state index in [0.717, 1.165) is 36.8 Å². The third-order valence-corrected chi connectivity index (χ3v) is 3.13. The summed E-state index contributed by atoms with van der Waals surface area (Å²) in [7, 11) is 0. The monoisotopic (exact) mass is 284 g/mol. The molecule has 0 unspecified atom stereocenters. The lowest BCUT2D eigenvalue weighted by molar-refractivity contribution is 0.782. The summed E-state index contributed by atoms with van der Waals surface area (Å²) in [5.41, 5.74) is 2.33. The molecule has 2 aromatic carbocycles. The van der Waals surface area contributed by atoms with Crippen LogP contribution >= 0.6 is 0 Å². The fourth-order valence-corrected chi connectivity index (χ4v) is 1.94. The minimum atomic E-state index is 0.938. The minimum absolute atomic E-state index is 0.938. The van der Waals surface area contributed by atoms with Crippen molar-refractivity contribution < 1.29 is 0 Å². The van der Waals surface area contributed by atoms with Crippen LogP contribution in [0, 0.1) is 36.5 Å². The highest BCUT2D eigenvalue weighted by Crippen LogP contribution is 2.02. The predicted molar refractivity (Wildman–Crippen MR) is 93.7 cm³/mol. The Balaban J connectivity index is 1.53. The van der Waals surface area contributed by atoms with Gasteiger partial charge >= 0.3 is 0 Å². The van der Waals surface area contributed by atoms with Gasteiger partial charge in [0.25, 0.3) is 0 Å². The van der Waals surface area contributed by atoms with E-state index in [2.05, 4.69) is 47.9 Å². The fourth-order valence-electron chi connectivity index (χ4n) is 1.94. The first-order valence-corrected chi connectivity index (χ1v) is 7.68. The first-order valence-electron chi connectivity index (χ1n) is 7.68. The SMILES string of the molecule is C(#CCCCCC#C[CH]c1ccccc1)[CH]c1ccccc1. The molecule has 0 N–H and O–H groups in total. The van der Waals surface area contributed by atoms with E-state index in [4.69, 9.17) is 0 Å². The van der Waals surface area contributed by atoms with Crippen molar-refractivity contribution >= 4 is 0 Å². The molecule has 22 heavy (non-hydrogen) atoms. The summed E-state index contributed by atoms with van der Waals surface area (Å²) in [5.74, 6) is 12.6.